The van der Waals surface area contributed by atoms with Gasteiger partial charge in [-0.3, -0.25) is 5.10 Å². The number of aromatic amines is 1. The Labute approximate surface area is 132 Å². The molecule has 1 aliphatic carbocycles. The summed E-state index contributed by atoms with van der Waals surface area (Å²) in [6, 6.07) is 0. The predicted octanol–water partition coefficient (Wildman–Crippen LogP) is 0.690. The second-order valence-electron chi connectivity index (χ2n) is 6.74. The molecule has 0 saturated heterocycles. The Kier molecular flexibility index (Phi) is 6.37. The van der Waals surface area contributed by atoms with Crippen LogP contribution in [0, 0.1) is 5.41 Å². The maximum Gasteiger partial charge on any atom is 0.0535 e. The molecule has 0 aromatic carbocycles. The molecule has 0 bridgehead atoms. The monoisotopic (exact) mass is 310 g/mol. The van der Waals surface area contributed by atoms with Gasteiger partial charge in [0.1, 0.15) is 0 Å². The molecule has 0 atom stereocenters. The van der Waals surface area contributed by atoms with Crippen LogP contribution in [0.1, 0.15) is 42.9 Å². The lowest BCUT2D eigenvalue weighted by molar-refractivity contribution is 0.0184. The third-order valence-electron chi connectivity index (χ3n) is 5.06. The Morgan fingerprint density at radius 1 is 1.36 bits per heavy atom. The summed E-state index contributed by atoms with van der Waals surface area (Å²) in [5.74, 6) is 0.460. The van der Waals surface area contributed by atoms with E-state index in [-0.39, 0.29) is 18.6 Å². The molecule has 0 unspecified atom stereocenters. The SMILES string of the molecule is CNCCN(C)Cc1cn[nH]c1C1CCC(CO)(CO)CC1. The van der Waals surface area contributed by atoms with E-state index in [2.05, 4.69) is 27.5 Å². The van der Waals surface area contributed by atoms with Crippen LogP contribution in [0.2, 0.25) is 0 Å². The fourth-order valence-electron chi connectivity index (χ4n) is 3.36. The summed E-state index contributed by atoms with van der Waals surface area (Å²) in [5, 5.41) is 29.6. The highest BCUT2D eigenvalue weighted by molar-refractivity contribution is 5.21. The molecule has 6 nitrogen and oxygen atoms in total. The number of hydrogen-bond donors (Lipinski definition) is 4. The second kappa shape index (κ2) is 8.06. The highest BCUT2D eigenvalue weighted by Gasteiger charge is 2.35. The summed E-state index contributed by atoms with van der Waals surface area (Å²) >= 11 is 0. The van der Waals surface area contributed by atoms with Crippen LogP contribution >= 0.6 is 0 Å². The number of rotatable bonds is 8. The summed E-state index contributed by atoms with van der Waals surface area (Å²) in [4.78, 5) is 2.29. The standard InChI is InChI=1S/C16H30N4O2/c1-17-7-8-20(2)10-14-9-18-19-15(14)13-3-5-16(11-21,12-22)6-4-13/h9,13,17,21-22H,3-8,10-12H2,1-2H3,(H,18,19). The van der Waals surface area contributed by atoms with Crippen molar-refractivity contribution in [3.8, 4) is 0 Å². The lowest BCUT2D eigenvalue weighted by Crippen LogP contribution is -2.34. The van der Waals surface area contributed by atoms with Crippen LogP contribution in [0.3, 0.4) is 0 Å². The van der Waals surface area contributed by atoms with Gasteiger partial charge in [-0.15, -0.1) is 0 Å². The molecule has 1 heterocycles. The lowest BCUT2D eigenvalue weighted by Gasteiger charge is -2.37. The van der Waals surface area contributed by atoms with Gasteiger partial charge in [-0.2, -0.15) is 5.10 Å². The number of hydrogen-bond acceptors (Lipinski definition) is 5. The summed E-state index contributed by atoms with van der Waals surface area (Å²) in [6.07, 6.45) is 5.68. The summed E-state index contributed by atoms with van der Waals surface area (Å²) < 4.78 is 0. The predicted molar refractivity (Wildman–Crippen MR) is 86.7 cm³/mol. The van der Waals surface area contributed by atoms with Gasteiger partial charge in [0, 0.05) is 42.2 Å². The van der Waals surface area contributed by atoms with Gasteiger partial charge in [0.15, 0.2) is 0 Å². The van der Waals surface area contributed by atoms with Crippen molar-refractivity contribution < 1.29 is 10.2 Å². The Balaban J connectivity index is 1.95. The van der Waals surface area contributed by atoms with Crippen LogP contribution in [0.5, 0.6) is 0 Å². The molecule has 1 fully saturated rings. The average molecular weight is 310 g/mol. The second-order valence-corrected chi connectivity index (χ2v) is 6.74. The smallest absolute Gasteiger partial charge is 0.0535 e. The summed E-state index contributed by atoms with van der Waals surface area (Å²) in [5.41, 5.74) is 2.23. The number of nitrogens with zero attached hydrogens (tertiary/aromatic N) is 2. The number of aliphatic hydroxyl groups excluding tert-OH is 2. The Morgan fingerprint density at radius 2 is 2.05 bits per heavy atom. The first kappa shape index (κ1) is 17.4. The van der Waals surface area contributed by atoms with Crippen LogP contribution < -0.4 is 5.32 Å². The fraction of sp³-hybridized carbons (Fsp3) is 0.812. The van der Waals surface area contributed by atoms with Crippen LogP contribution in [0.15, 0.2) is 6.20 Å². The molecule has 1 aromatic heterocycles. The van der Waals surface area contributed by atoms with E-state index in [1.165, 1.54) is 11.3 Å². The van der Waals surface area contributed by atoms with Crippen LogP contribution in [-0.2, 0) is 6.54 Å². The largest absolute Gasteiger partial charge is 0.396 e. The van der Waals surface area contributed by atoms with Gasteiger partial charge in [-0.1, -0.05) is 0 Å². The molecule has 0 radical (unpaired) electrons. The van der Waals surface area contributed by atoms with E-state index < -0.39 is 0 Å². The van der Waals surface area contributed by atoms with Gasteiger partial charge >= 0.3 is 0 Å². The van der Waals surface area contributed by atoms with E-state index in [9.17, 15) is 10.2 Å². The Morgan fingerprint density at radius 3 is 2.64 bits per heavy atom. The van der Waals surface area contributed by atoms with Crippen molar-refractivity contribution in [3.05, 3.63) is 17.5 Å². The minimum absolute atomic E-state index is 0.0822. The number of aromatic nitrogens is 2. The number of likely N-dealkylation sites (N-methyl/N-ethyl adjacent to an activating group) is 2. The van der Waals surface area contributed by atoms with E-state index >= 15 is 0 Å². The van der Waals surface area contributed by atoms with Crippen molar-refractivity contribution in [2.24, 2.45) is 5.41 Å². The Hall–Kier alpha value is -0.950. The number of H-pyrrole nitrogens is 1. The Bertz CT molecular complexity index is 435. The van der Waals surface area contributed by atoms with Crippen molar-refractivity contribution in [2.45, 2.75) is 38.1 Å². The van der Waals surface area contributed by atoms with E-state index in [0.717, 1.165) is 45.3 Å². The molecule has 1 aliphatic rings. The zero-order valence-electron chi connectivity index (χ0n) is 13.8. The third kappa shape index (κ3) is 4.07. The van der Waals surface area contributed by atoms with Gasteiger partial charge in [-0.05, 0) is 39.8 Å². The van der Waals surface area contributed by atoms with E-state index in [1.54, 1.807) is 0 Å². The highest BCUT2D eigenvalue weighted by atomic mass is 16.3. The molecular weight excluding hydrogens is 280 g/mol. The third-order valence-corrected chi connectivity index (χ3v) is 5.06. The molecule has 2 rings (SSSR count). The minimum Gasteiger partial charge on any atom is -0.396 e. The average Bonchev–Trinajstić information content (AvgIpc) is 3.01. The first-order valence-electron chi connectivity index (χ1n) is 8.21. The normalized spacial score (nSPS) is 19.0. The maximum absolute atomic E-state index is 9.52. The van der Waals surface area contributed by atoms with Gasteiger partial charge in [-0.25, -0.2) is 0 Å². The molecule has 0 aliphatic heterocycles. The fourth-order valence-corrected chi connectivity index (χ4v) is 3.36. The van der Waals surface area contributed by atoms with E-state index in [0.29, 0.717) is 5.92 Å². The zero-order valence-corrected chi connectivity index (χ0v) is 13.8. The molecule has 6 heteroatoms. The van der Waals surface area contributed by atoms with Crippen molar-refractivity contribution in [1.29, 1.82) is 0 Å². The first-order valence-corrected chi connectivity index (χ1v) is 8.21. The first-order chi connectivity index (χ1) is 10.6. The van der Waals surface area contributed by atoms with Crippen molar-refractivity contribution in [1.82, 2.24) is 20.4 Å². The van der Waals surface area contributed by atoms with E-state index in [1.807, 2.05) is 13.2 Å². The van der Waals surface area contributed by atoms with E-state index in [4.69, 9.17) is 0 Å². The molecule has 0 amide bonds. The quantitative estimate of drug-likeness (QED) is 0.568. The summed E-state index contributed by atoms with van der Waals surface area (Å²) in [7, 11) is 4.09. The molecular formula is C16H30N4O2. The van der Waals surface area contributed by atoms with Gasteiger partial charge in [0.25, 0.3) is 0 Å². The number of aliphatic hydroxyl groups is 2. The molecule has 4 N–H and O–H groups in total. The topological polar surface area (TPSA) is 84.4 Å². The van der Waals surface area contributed by atoms with Crippen LogP contribution in [0.4, 0.5) is 0 Å². The summed E-state index contributed by atoms with van der Waals surface area (Å²) in [6.45, 7) is 3.04. The number of nitrogens with one attached hydrogen (secondary N) is 2. The van der Waals surface area contributed by atoms with Crippen LogP contribution in [0.25, 0.3) is 0 Å². The molecule has 1 aromatic rings. The van der Waals surface area contributed by atoms with Gasteiger partial charge in [0.2, 0.25) is 0 Å². The van der Waals surface area contributed by atoms with Gasteiger partial charge < -0.3 is 20.4 Å². The highest BCUT2D eigenvalue weighted by Crippen LogP contribution is 2.42. The van der Waals surface area contributed by atoms with Gasteiger partial charge in [0.05, 0.1) is 19.4 Å². The maximum atomic E-state index is 9.52. The molecule has 126 valence electrons. The molecule has 0 spiro atoms. The van der Waals surface area contributed by atoms with Crippen LogP contribution in [-0.4, -0.2) is 65.7 Å². The van der Waals surface area contributed by atoms with Crippen molar-refractivity contribution >= 4 is 0 Å². The van der Waals surface area contributed by atoms with Crippen molar-refractivity contribution in [3.63, 3.8) is 0 Å². The zero-order chi connectivity index (χ0) is 16.0. The van der Waals surface area contributed by atoms with Crippen molar-refractivity contribution in [2.75, 3.05) is 40.4 Å². The molecule has 22 heavy (non-hydrogen) atoms. The molecule has 1 saturated carbocycles. The lowest BCUT2D eigenvalue weighted by atomic mass is 9.70. The minimum atomic E-state index is -0.278.